The molecule has 2 fully saturated rings. The van der Waals surface area contributed by atoms with Crippen molar-refractivity contribution in [2.45, 2.75) is 19.8 Å². The van der Waals surface area contributed by atoms with Crippen molar-refractivity contribution in [2.75, 3.05) is 50.7 Å². The van der Waals surface area contributed by atoms with Crippen LogP contribution >= 0.6 is 12.4 Å². The molecule has 0 saturated carbocycles. The minimum absolute atomic E-state index is 0. The number of anilines is 1. The van der Waals surface area contributed by atoms with Crippen molar-refractivity contribution in [1.29, 1.82) is 0 Å². The van der Waals surface area contributed by atoms with Gasteiger partial charge in [0.1, 0.15) is 5.69 Å². The van der Waals surface area contributed by atoms with E-state index in [2.05, 4.69) is 10.6 Å². The van der Waals surface area contributed by atoms with E-state index >= 15 is 0 Å². The van der Waals surface area contributed by atoms with Crippen molar-refractivity contribution >= 4 is 35.6 Å². The molecule has 0 spiro atoms. The van der Waals surface area contributed by atoms with Gasteiger partial charge >= 0.3 is 0 Å². The maximum Gasteiger partial charge on any atom is 0.293 e. The third-order valence-corrected chi connectivity index (χ3v) is 5.45. The average molecular weight is 426 g/mol. The molecule has 1 atom stereocenters. The number of benzene rings is 1. The summed E-state index contributed by atoms with van der Waals surface area (Å²) < 4.78 is 0. The molecule has 29 heavy (non-hydrogen) atoms. The lowest BCUT2D eigenvalue weighted by atomic mass is 9.99. The first-order valence-corrected chi connectivity index (χ1v) is 9.73. The Kier molecular flexibility index (Phi) is 8.21. The van der Waals surface area contributed by atoms with Crippen molar-refractivity contribution < 1.29 is 14.5 Å². The van der Waals surface area contributed by atoms with E-state index in [9.17, 15) is 19.7 Å². The zero-order valence-corrected chi connectivity index (χ0v) is 17.4. The monoisotopic (exact) mass is 425 g/mol. The Balaban J connectivity index is 0.00000300. The van der Waals surface area contributed by atoms with Crippen LogP contribution in [-0.4, -0.2) is 67.5 Å². The summed E-state index contributed by atoms with van der Waals surface area (Å²) in [5, 5.41) is 17.8. The van der Waals surface area contributed by atoms with Crippen molar-refractivity contribution in [3.63, 3.8) is 0 Å². The number of nitro groups is 1. The maximum atomic E-state index is 12.5. The van der Waals surface area contributed by atoms with E-state index in [1.54, 1.807) is 17.0 Å². The van der Waals surface area contributed by atoms with Crippen molar-refractivity contribution in [3.05, 3.63) is 33.9 Å². The summed E-state index contributed by atoms with van der Waals surface area (Å²) in [4.78, 5) is 38.7. The SMILES string of the molecule is CC(=O)N1CCN(c2ccc(C(=O)NCC3CCCNC3)cc2[N+](=O)[O-])CC1.Cl. The van der Waals surface area contributed by atoms with E-state index in [4.69, 9.17) is 0 Å². The van der Waals surface area contributed by atoms with Crippen LogP contribution < -0.4 is 15.5 Å². The lowest BCUT2D eigenvalue weighted by Gasteiger charge is -2.35. The van der Waals surface area contributed by atoms with Gasteiger partial charge in [0, 0.05) is 51.3 Å². The van der Waals surface area contributed by atoms with Gasteiger partial charge in [-0.05, 0) is 44.0 Å². The Morgan fingerprint density at radius 2 is 2.00 bits per heavy atom. The molecular formula is C19H28ClN5O4. The van der Waals surface area contributed by atoms with Gasteiger partial charge in [-0.25, -0.2) is 0 Å². The van der Waals surface area contributed by atoms with Gasteiger partial charge < -0.3 is 20.4 Å². The van der Waals surface area contributed by atoms with Gasteiger partial charge in [-0.1, -0.05) is 0 Å². The molecule has 3 rings (SSSR count). The van der Waals surface area contributed by atoms with Gasteiger partial charge in [0.05, 0.1) is 4.92 Å². The largest absolute Gasteiger partial charge is 0.362 e. The van der Waals surface area contributed by atoms with E-state index < -0.39 is 4.92 Å². The van der Waals surface area contributed by atoms with Gasteiger partial charge in [0.15, 0.2) is 0 Å². The minimum atomic E-state index is -0.450. The van der Waals surface area contributed by atoms with Gasteiger partial charge in [-0.15, -0.1) is 12.4 Å². The predicted octanol–water partition coefficient (Wildman–Crippen LogP) is 1.41. The van der Waals surface area contributed by atoms with Crippen LogP contribution in [0.15, 0.2) is 18.2 Å². The first-order chi connectivity index (χ1) is 13.5. The lowest BCUT2D eigenvalue weighted by Crippen LogP contribution is -2.48. The normalized spacial score (nSPS) is 19.3. The van der Waals surface area contributed by atoms with Crippen LogP contribution in [-0.2, 0) is 4.79 Å². The molecule has 10 heteroatoms. The number of nitro benzene ring substituents is 1. The van der Waals surface area contributed by atoms with Crippen LogP contribution in [0.3, 0.4) is 0 Å². The second kappa shape index (κ2) is 10.4. The number of nitrogens with zero attached hydrogens (tertiary/aromatic N) is 3. The van der Waals surface area contributed by atoms with E-state index in [1.807, 2.05) is 4.90 Å². The van der Waals surface area contributed by atoms with Crippen molar-refractivity contribution in [1.82, 2.24) is 15.5 Å². The Morgan fingerprint density at radius 3 is 2.59 bits per heavy atom. The molecule has 0 bridgehead atoms. The molecule has 2 aliphatic heterocycles. The van der Waals surface area contributed by atoms with Crippen LogP contribution in [0.5, 0.6) is 0 Å². The van der Waals surface area contributed by atoms with E-state index in [1.165, 1.54) is 13.0 Å². The zero-order valence-electron chi connectivity index (χ0n) is 16.6. The molecule has 9 nitrogen and oxygen atoms in total. The fourth-order valence-corrected chi connectivity index (χ4v) is 3.78. The third-order valence-electron chi connectivity index (χ3n) is 5.45. The maximum absolute atomic E-state index is 12.5. The van der Waals surface area contributed by atoms with Gasteiger partial charge in [0.2, 0.25) is 5.91 Å². The summed E-state index contributed by atoms with van der Waals surface area (Å²) >= 11 is 0. The van der Waals surface area contributed by atoms with E-state index in [0.717, 1.165) is 25.9 Å². The average Bonchev–Trinajstić information content (AvgIpc) is 2.72. The number of piperidine rings is 1. The Bertz CT molecular complexity index is 746. The van der Waals surface area contributed by atoms with Gasteiger partial charge in [0.25, 0.3) is 11.6 Å². The molecule has 160 valence electrons. The summed E-state index contributed by atoms with van der Waals surface area (Å²) in [6.07, 6.45) is 2.16. The quantitative estimate of drug-likeness (QED) is 0.545. The van der Waals surface area contributed by atoms with Crippen molar-refractivity contribution in [2.24, 2.45) is 5.92 Å². The number of halogens is 1. The second-order valence-electron chi connectivity index (χ2n) is 7.38. The first kappa shape index (κ1) is 22.9. The van der Waals surface area contributed by atoms with Crippen LogP contribution in [0.4, 0.5) is 11.4 Å². The number of piperazine rings is 1. The fraction of sp³-hybridized carbons (Fsp3) is 0.579. The molecule has 2 amide bonds. The second-order valence-corrected chi connectivity index (χ2v) is 7.38. The molecule has 2 saturated heterocycles. The molecule has 2 aliphatic rings. The molecular weight excluding hydrogens is 398 g/mol. The fourth-order valence-electron chi connectivity index (χ4n) is 3.78. The summed E-state index contributed by atoms with van der Waals surface area (Å²) in [5.74, 6) is 0.112. The minimum Gasteiger partial charge on any atom is -0.362 e. The smallest absolute Gasteiger partial charge is 0.293 e. The highest BCUT2D eigenvalue weighted by Crippen LogP contribution is 2.30. The molecule has 1 aromatic carbocycles. The number of carbonyl (C=O) groups is 2. The highest BCUT2D eigenvalue weighted by atomic mass is 35.5. The third kappa shape index (κ3) is 5.80. The summed E-state index contributed by atoms with van der Waals surface area (Å²) in [5.41, 5.74) is 0.700. The number of hydrogen-bond donors (Lipinski definition) is 2. The molecule has 0 aliphatic carbocycles. The Labute approximate surface area is 176 Å². The Morgan fingerprint density at radius 1 is 1.28 bits per heavy atom. The first-order valence-electron chi connectivity index (χ1n) is 9.73. The molecule has 1 aromatic rings. The summed E-state index contributed by atoms with van der Waals surface area (Å²) in [6, 6.07) is 4.62. The van der Waals surface area contributed by atoms with Crippen LogP contribution in [0.2, 0.25) is 0 Å². The number of rotatable bonds is 5. The van der Waals surface area contributed by atoms with E-state index in [-0.39, 0.29) is 29.9 Å². The topological polar surface area (TPSA) is 108 Å². The number of hydrogen-bond acceptors (Lipinski definition) is 6. The summed E-state index contributed by atoms with van der Waals surface area (Å²) in [7, 11) is 0. The highest BCUT2D eigenvalue weighted by Gasteiger charge is 2.26. The van der Waals surface area contributed by atoms with Crippen LogP contribution in [0.1, 0.15) is 30.1 Å². The highest BCUT2D eigenvalue weighted by molar-refractivity contribution is 5.95. The number of nitrogens with one attached hydrogen (secondary N) is 2. The Hall–Kier alpha value is -2.39. The van der Waals surface area contributed by atoms with Gasteiger partial charge in [-0.2, -0.15) is 0 Å². The zero-order chi connectivity index (χ0) is 20.1. The van der Waals surface area contributed by atoms with Crippen molar-refractivity contribution in [3.8, 4) is 0 Å². The van der Waals surface area contributed by atoms with Crippen LogP contribution in [0.25, 0.3) is 0 Å². The summed E-state index contributed by atoms with van der Waals surface area (Å²) in [6.45, 7) is 6.10. The molecule has 2 N–H and O–H groups in total. The van der Waals surface area contributed by atoms with Crippen LogP contribution in [0, 0.1) is 16.0 Å². The number of amides is 2. The predicted molar refractivity (Wildman–Crippen MR) is 113 cm³/mol. The lowest BCUT2D eigenvalue weighted by molar-refractivity contribution is -0.384. The number of carbonyl (C=O) groups excluding carboxylic acids is 2. The standard InChI is InChI=1S/C19H27N5O4.ClH/c1-14(25)22-7-9-23(10-8-22)17-5-4-16(11-18(17)24(27)28)19(26)21-13-15-3-2-6-20-12-15;/h4-5,11,15,20H,2-3,6-10,12-13H2,1H3,(H,21,26);1H. The molecule has 0 aromatic heterocycles. The van der Waals surface area contributed by atoms with E-state index in [0.29, 0.717) is 49.9 Å². The molecule has 0 radical (unpaired) electrons. The molecule has 2 heterocycles. The molecule has 1 unspecified atom stereocenters. The van der Waals surface area contributed by atoms with Gasteiger partial charge in [-0.3, -0.25) is 19.7 Å².